The first-order chi connectivity index (χ1) is 6.74. The molecule has 1 heterocycles. The highest BCUT2D eigenvalue weighted by Crippen LogP contribution is 2.21. The van der Waals surface area contributed by atoms with Crippen molar-refractivity contribution < 1.29 is 10.2 Å². The average Bonchev–Trinajstić information content (AvgIpc) is 2.45. The summed E-state index contributed by atoms with van der Waals surface area (Å²) in [7, 11) is 0. The van der Waals surface area contributed by atoms with Crippen LogP contribution in [0.5, 0.6) is 5.75 Å². The molecular weight excluding hydrogens is 184 g/mol. The number of imidazole rings is 1. The van der Waals surface area contributed by atoms with Gasteiger partial charge < -0.3 is 15.2 Å². The van der Waals surface area contributed by atoms with Crippen molar-refractivity contribution in [1.82, 2.24) is 9.55 Å². The molecule has 0 bridgehead atoms. The van der Waals surface area contributed by atoms with Crippen LogP contribution in [0.25, 0.3) is 11.0 Å². The summed E-state index contributed by atoms with van der Waals surface area (Å²) in [4.78, 5) is 14.0. The lowest BCUT2D eigenvalue weighted by atomic mass is 10.3. The number of hydrogen-bond acceptors (Lipinski definition) is 3. The number of phenols is 1. The van der Waals surface area contributed by atoms with E-state index in [1.165, 1.54) is 10.6 Å². The van der Waals surface area contributed by atoms with E-state index in [9.17, 15) is 9.90 Å². The second kappa shape index (κ2) is 3.19. The number of aromatic hydroxyl groups is 1. The minimum absolute atomic E-state index is 0.0364. The van der Waals surface area contributed by atoms with Gasteiger partial charge in [0.2, 0.25) is 0 Å². The third kappa shape index (κ3) is 1.18. The Labute approximate surface area is 79.2 Å². The van der Waals surface area contributed by atoms with Gasteiger partial charge in [0.25, 0.3) is 0 Å². The van der Waals surface area contributed by atoms with Crippen molar-refractivity contribution in [3.8, 4) is 5.75 Å². The molecule has 3 N–H and O–H groups in total. The number of para-hydroxylation sites is 1. The molecule has 0 atom stereocenters. The summed E-state index contributed by atoms with van der Waals surface area (Å²) in [5.74, 6) is 0.0364. The van der Waals surface area contributed by atoms with E-state index in [1.807, 2.05) is 0 Å². The molecule has 0 unspecified atom stereocenters. The number of nitrogens with one attached hydrogen (secondary N) is 1. The van der Waals surface area contributed by atoms with E-state index in [-0.39, 0.29) is 24.6 Å². The molecule has 5 nitrogen and oxygen atoms in total. The number of aliphatic hydroxyl groups excluding tert-OH is 1. The van der Waals surface area contributed by atoms with Crippen LogP contribution in [0.1, 0.15) is 0 Å². The normalized spacial score (nSPS) is 10.9. The van der Waals surface area contributed by atoms with Crippen LogP contribution >= 0.6 is 0 Å². The zero-order valence-electron chi connectivity index (χ0n) is 7.40. The monoisotopic (exact) mass is 194 g/mol. The van der Waals surface area contributed by atoms with Crippen LogP contribution in [0, 0.1) is 0 Å². The van der Waals surface area contributed by atoms with Crippen molar-refractivity contribution >= 4 is 11.0 Å². The van der Waals surface area contributed by atoms with Gasteiger partial charge in [-0.1, -0.05) is 6.07 Å². The van der Waals surface area contributed by atoms with E-state index < -0.39 is 0 Å². The molecule has 2 rings (SSSR count). The summed E-state index contributed by atoms with van der Waals surface area (Å²) in [5.41, 5.74) is 0.686. The Bertz CT molecular complexity index is 512. The summed E-state index contributed by atoms with van der Waals surface area (Å²) >= 11 is 0. The average molecular weight is 194 g/mol. The second-order valence-corrected chi connectivity index (χ2v) is 2.98. The summed E-state index contributed by atoms with van der Waals surface area (Å²) < 4.78 is 1.31. The number of benzene rings is 1. The minimum atomic E-state index is -0.324. The lowest BCUT2D eigenvalue weighted by Crippen LogP contribution is -2.18. The Morgan fingerprint density at radius 1 is 1.43 bits per heavy atom. The third-order valence-corrected chi connectivity index (χ3v) is 2.10. The highest BCUT2D eigenvalue weighted by molar-refractivity contribution is 5.81. The zero-order chi connectivity index (χ0) is 10.1. The molecule has 0 spiro atoms. The largest absolute Gasteiger partial charge is 0.506 e. The van der Waals surface area contributed by atoms with E-state index >= 15 is 0 Å². The quantitative estimate of drug-likeness (QED) is 0.631. The van der Waals surface area contributed by atoms with Gasteiger partial charge in [0, 0.05) is 0 Å². The van der Waals surface area contributed by atoms with Gasteiger partial charge in [0.05, 0.1) is 18.7 Å². The van der Waals surface area contributed by atoms with Gasteiger partial charge in [0.1, 0.15) is 11.3 Å². The zero-order valence-corrected chi connectivity index (χ0v) is 7.40. The number of H-pyrrole nitrogens is 1. The molecule has 0 aliphatic carbocycles. The topological polar surface area (TPSA) is 78.2 Å². The molecule has 14 heavy (non-hydrogen) atoms. The summed E-state index contributed by atoms with van der Waals surface area (Å²) in [5, 5.41) is 18.3. The first kappa shape index (κ1) is 8.83. The van der Waals surface area contributed by atoms with Gasteiger partial charge in [-0.2, -0.15) is 0 Å². The fourth-order valence-electron chi connectivity index (χ4n) is 1.51. The maximum atomic E-state index is 11.4. The van der Waals surface area contributed by atoms with Gasteiger partial charge >= 0.3 is 5.69 Å². The lowest BCUT2D eigenvalue weighted by Gasteiger charge is -2.00. The van der Waals surface area contributed by atoms with E-state index in [2.05, 4.69) is 4.98 Å². The molecule has 0 saturated heterocycles. The SMILES string of the molecule is O=c1[nH]c2cccc(O)c2n1CCO. The molecule has 1 aromatic carbocycles. The molecule has 2 aromatic rings. The third-order valence-electron chi connectivity index (χ3n) is 2.10. The Balaban J connectivity index is 2.79. The molecule has 74 valence electrons. The van der Waals surface area contributed by atoms with Crippen LogP contribution in [0.15, 0.2) is 23.0 Å². The van der Waals surface area contributed by atoms with Crippen molar-refractivity contribution in [2.24, 2.45) is 0 Å². The standard InChI is InChI=1S/C9H10N2O3/c12-5-4-11-8-6(10-9(11)14)2-1-3-7(8)13/h1-3,12-13H,4-5H2,(H,10,14). The Hall–Kier alpha value is -1.75. The van der Waals surface area contributed by atoms with E-state index in [4.69, 9.17) is 5.11 Å². The number of rotatable bonds is 2. The first-order valence-corrected chi connectivity index (χ1v) is 4.25. The number of phenolic OH excluding ortho intramolecular Hbond substituents is 1. The maximum Gasteiger partial charge on any atom is 0.326 e. The van der Waals surface area contributed by atoms with Crippen LogP contribution < -0.4 is 5.69 Å². The molecule has 0 amide bonds. The number of fused-ring (bicyclic) bond motifs is 1. The predicted octanol–water partition coefficient (Wildman–Crippen LogP) is 0.0275. The number of aromatic amines is 1. The van der Waals surface area contributed by atoms with Crippen molar-refractivity contribution in [2.45, 2.75) is 6.54 Å². The molecular formula is C9H10N2O3. The summed E-state index contributed by atoms with van der Waals surface area (Å²) in [6.07, 6.45) is 0. The molecule has 0 fully saturated rings. The predicted molar refractivity (Wildman–Crippen MR) is 51.3 cm³/mol. The number of nitrogens with zero attached hydrogens (tertiary/aromatic N) is 1. The number of hydrogen-bond donors (Lipinski definition) is 3. The molecule has 0 radical (unpaired) electrons. The van der Waals surface area contributed by atoms with Crippen molar-refractivity contribution in [2.75, 3.05) is 6.61 Å². The lowest BCUT2D eigenvalue weighted by molar-refractivity contribution is 0.276. The van der Waals surface area contributed by atoms with E-state index in [0.717, 1.165) is 0 Å². The van der Waals surface area contributed by atoms with E-state index in [0.29, 0.717) is 11.0 Å². The molecule has 0 aliphatic heterocycles. The Morgan fingerprint density at radius 2 is 2.21 bits per heavy atom. The van der Waals surface area contributed by atoms with Gasteiger partial charge in [-0.3, -0.25) is 4.57 Å². The van der Waals surface area contributed by atoms with Crippen molar-refractivity contribution in [3.05, 3.63) is 28.7 Å². The van der Waals surface area contributed by atoms with Gasteiger partial charge in [-0.25, -0.2) is 4.79 Å². The van der Waals surface area contributed by atoms with Crippen molar-refractivity contribution in [1.29, 1.82) is 0 Å². The second-order valence-electron chi connectivity index (χ2n) is 2.98. The summed E-state index contributed by atoms with van der Waals surface area (Å²) in [6.45, 7) is 0.0393. The van der Waals surface area contributed by atoms with Crippen LogP contribution in [0.2, 0.25) is 0 Å². The van der Waals surface area contributed by atoms with Gasteiger partial charge in [-0.15, -0.1) is 0 Å². The minimum Gasteiger partial charge on any atom is -0.506 e. The molecule has 0 aliphatic rings. The van der Waals surface area contributed by atoms with E-state index in [1.54, 1.807) is 12.1 Å². The highest BCUT2D eigenvalue weighted by Gasteiger charge is 2.08. The number of aliphatic hydroxyl groups is 1. The van der Waals surface area contributed by atoms with Gasteiger partial charge in [0.15, 0.2) is 0 Å². The Kier molecular flexibility index (Phi) is 2.01. The smallest absolute Gasteiger partial charge is 0.326 e. The summed E-state index contributed by atoms with van der Waals surface area (Å²) in [6, 6.07) is 4.85. The van der Waals surface area contributed by atoms with Crippen LogP contribution in [0.3, 0.4) is 0 Å². The maximum absolute atomic E-state index is 11.4. The fraction of sp³-hybridized carbons (Fsp3) is 0.222. The number of aromatic nitrogens is 2. The fourth-order valence-corrected chi connectivity index (χ4v) is 1.51. The van der Waals surface area contributed by atoms with Crippen LogP contribution in [-0.2, 0) is 6.54 Å². The van der Waals surface area contributed by atoms with Gasteiger partial charge in [-0.05, 0) is 12.1 Å². The van der Waals surface area contributed by atoms with Crippen LogP contribution in [0.4, 0.5) is 0 Å². The van der Waals surface area contributed by atoms with Crippen molar-refractivity contribution in [3.63, 3.8) is 0 Å². The Morgan fingerprint density at radius 3 is 2.93 bits per heavy atom. The van der Waals surface area contributed by atoms with Crippen LogP contribution in [-0.4, -0.2) is 26.4 Å². The first-order valence-electron chi connectivity index (χ1n) is 4.25. The molecule has 5 heteroatoms. The molecule has 1 aromatic heterocycles. The highest BCUT2D eigenvalue weighted by atomic mass is 16.3. The molecule has 0 saturated carbocycles.